The summed E-state index contributed by atoms with van der Waals surface area (Å²) in [5, 5.41) is 6.21. The van der Waals surface area contributed by atoms with E-state index in [1.165, 1.54) is 11.4 Å². The summed E-state index contributed by atoms with van der Waals surface area (Å²) in [7, 11) is -2.20. The Hall–Kier alpha value is -3.97. The van der Waals surface area contributed by atoms with Crippen LogP contribution in [0.1, 0.15) is 15.9 Å². The lowest BCUT2D eigenvalue weighted by atomic mass is 10.1. The van der Waals surface area contributed by atoms with Gasteiger partial charge in [-0.05, 0) is 47.2 Å². The highest BCUT2D eigenvalue weighted by Gasteiger charge is 2.21. The molecule has 0 bridgehead atoms. The number of nitrogens with zero attached hydrogens (tertiary/aromatic N) is 2. The second-order valence-corrected chi connectivity index (χ2v) is 9.07. The van der Waals surface area contributed by atoms with Crippen molar-refractivity contribution in [3.8, 4) is 0 Å². The van der Waals surface area contributed by atoms with Gasteiger partial charge in [0.15, 0.2) is 0 Å². The Kier molecular flexibility index (Phi) is 6.00. The normalized spacial score (nSPS) is 11.5. The zero-order valence-electron chi connectivity index (χ0n) is 17.3. The Morgan fingerprint density at radius 2 is 1.50 bits per heavy atom. The third kappa shape index (κ3) is 4.38. The summed E-state index contributed by atoms with van der Waals surface area (Å²) in [6.07, 6.45) is 1.61. The molecule has 4 aromatic carbocycles. The molecule has 1 N–H and O–H groups in total. The van der Waals surface area contributed by atoms with Crippen LogP contribution >= 0.6 is 0 Å². The quantitative estimate of drug-likeness (QED) is 0.354. The highest BCUT2D eigenvalue weighted by atomic mass is 32.2. The van der Waals surface area contributed by atoms with E-state index in [0.29, 0.717) is 11.3 Å². The monoisotopic (exact) mass is 443 g/mol. The van der Waals surface area contributed by atoms with Crippen LogP contribution in [0.15, 0.2) is 107 Å². The summed E-state index contributed by atoms with van der Waals surface area (Å²) < 4.78 is 26.7. The minimum atomic E-state index is -3.68. The number of benzene rings is 4. The molecular formula is C25H21N3O3S. The average Bonchev–Trinajstić information content (AvgIpc) is 2.84. The maximum atomic E-state index is 12.7. The van der Waals surface area contributed by atoms with E-state index in [1.807, 2.05) is 42.5 Å². The second-order valence-electron chi connectivity index (χ2n) is 7.10. The highest BCUT2D eigenvalue weighted by molar-refractivity contribution is 7.92. The molecule has 0 aromatic heterocycles. The largest absolute Gasteiger partial charge is 0.271 e. The van der Waals surface area contributed by atoms with Crippen molar-refractivity contribution in [3.05, 3.63) is 108 Å². The van der Waals surface area contributed by atoms with Gasteiger partial charge in [0.2, 0.25) is 0 Å². The zero-order chi connectivity index (χ0) is 22.6. The third-order valence-electron chi connectivity index (χ3n) is 5.09. The molecule has 160 valence electrons. The van der Waals surface area contributed by atoms with Crippen molar-refractivity contribution in [3.63, 3.8) is 0 Å². The molecule has 4 aromatic rings. The number of anilines is 1. The SMILES string of the molecule is CN(c1ccc(C(=O)N/N=C\c2cccc3ccccc23)cc1)S(=O)(=O)c1ccccc1. The number of hydrogen-bond donors (Lipinski definition) is 1. The minimum Gasteiger partial charge on any atom is -0.269 e. The average molecular weight is 444 g/mol. The van der Waals surface area contributed by atoms with E-state index in [2.05, 4.69) is 10.5 Å². The maximum absolute atomic E-state index is 12.7. The summed E-state index contributed by atoms with van der Waals surface area (Å²) in [5.41, 5.74) is 4.23. The van der Waals surface area contributed by atoms with Gasteiger partial charge in [0.25, 0.3) is 15.9 Å². The predicted molar refractivity (Wildman–Crippen MR) is 127 cm³/mol. The summed E-state index contributed by atoms with van der Waals surface area (Å²) >= 11 is 0. The molecule has 0 heterocycles. The standard InChI is InChI=1S/C25H21N3O3S/c1-28(32(30,31)23-11-3-2-4-12-23)22-16-14-20(15-17-22)25(29)27-26-18-21-10-7-9-19-8-5-6-13-24(19)21/h2-18H,1H3,(H,27,29)/b26-18-. The van der Waals surface area contributed by atoms with Gasteiger partial charge < -0.3 is 0 Å². The summed E-state index contributed by atoms with van der Waals surface area (Å²) in [6, 6.07) is 28.3. The van der Waals surface area contributed by atoms with Crippen LogP contribution in [0.25, 0.3) is 10.8 Å². The Bertz CT molecular complexity index is 1380. The van der Waals surface area contributed by atoms with Crippen LogP contribution < -0.4 is 9.73 Å². The molecule has 0 radical (unpaired) electrons. The van der Waals surface area contributed by atoms with Crippen molar-refractivity contribution >= 4 is 38.6 Å². The Morgan fingerprint density at radius 3 is 2.25 bits per heavy atom. The zero-order valence-corrected chi connectivity index (χ0v) is 18.2. The Labute approximate surface area is 186 Å². The molecule has 0 unspecified atom stereocenters. The van der Waals surface area contributed by atoms with Gasteiger partial charge in [0.05, 0.1) is 16.8 Å². The number of rotatable bonds is 6. The fourth-order valence-electron chi connectivity index (χ4n) is 3.30. The van der Waals surface area contributed by atoms with Gasteiger partial charge >= 0.3 is 0 Å². The lowest BCUT2D eigenvalue weighted by Crippen LogP contribution is -2.26. The van der Waals surface area contributed by atoms with Crippen LogP contribution in [-0.4, -0.2) is 27.6 Å². The van der Waals surface area contributed by atoms with Crippen LogP contribution in [0.3, 0.4) is 0 Å². The van der Waals surface area contributed by atoms with E-state index in [9.17, 15) is 13.2 Å². The van der Waals surface area contributed by atoms with Crippen molar-refractivity contribution < 1.29 is 13.2 Å². The molecule has 1 amide bonds. The van der Waals surface area contributed by atoms with Crippen molar-refractivity contribution in [2.75, 3.05) is 11.4 Å². The molecule has 4 rings (SSSR count). The fourth-order valence-corrected chi connectivity index (χ4v) is 4.52. The summed E-state index contributed by atoms with van der Waals surface area (Å²) in [6.45, 7) is 0. The first-order valence-electron chi connectivity index (χ1n) is 9.92. The van der Waals surface area contributed by atoms with Crippen LogP contribution in [0.5, 0.6) is 0 Å². The molecule has 6 nitrogen and oxygen atoms in total. The number of carbonyl (C=O) groups is 1. The number of amides is 1. The van der Waals surface area contributed by atoms with E-state index < -0.39 is 10.0 Å². The first-order valence-corrected chi connectivity index (χ1v) is 11.4. The molecule has 0 aliphatic carbocycles. The lowest BCUT2D eigenvalue weighted by molar-refractivity contribution is 0.0955. The van der Waals surface area contributed by atoms with E-state index in [4.69, 9.17) is 0 Å². The number of sulfonamides is 1. The Balaban J connectivity index is 1.46. The first kappa shape index (κ1) is 21.3. The maximum Gasteiger partial charge on any atom is 0.271 e. The number of hydrogen-bond acceptors (Lipinski definition) is 4. The second kappa shape index (κ2) is 9.03. The molecule has 0 atom stereocenters. The predicted octanol–water partition coefficient (Wildman–Crippen LogP) is 4.43. The van der Waals surface area contributed by atoms with E-state index in [-0.39, 0.29) is 10.8 Å². The van der Waals surface area contributed by atoms with Crippen molar-refractivity contribution in [1.82, 2.24) is 5.43 Å². The van der Waals surface area contributed by atoms with Crippen molar-refractivity contribution in [2.45, 2.75) is 4.90 Å². The van der Waals surface area contributed by atoms with Gasteiger partial charge in [-0.1, -0.05) is 60.7 Å². The number of fused-ring (bicyclic) bond motifs is 1. The topological polar surface area (TPSA) is 78.8 Å². The summed E-state index contributed by atoms with van der Waals surface area (Å²) in [4.78, 5) is 12.6. The van der Waals surface area contributed by atoms with Crippen LogP contribution in [0.4, 0.5) is 5.69 Å². The Morgan fingerprint density at radius 1 is 0.844 bits per heavy atom. The molecule has 0 saturated heterocycles. The number of carbonyl (C=O) groups excluding carboxylic acids is 1. The highest BCUT2D eigenvalue weighted by Crippen LogP contribution is 2.22. The third-order valence-corrected chi connectivity index (χ3v) is 6.89. The molecule has 0 aliphatic rings. The molecular weight excluding hydrogens is 422 g/mol. The van der Waals surface area contributed by atoms with Crippen LogP contribution in [0, 0.1) is 0 Å². The van der Waals surface area contributed by atoms with Crippen molar-refractivity contribution in [1.29, 1.82) is 0 Å². The van der Waals surface area contributed by atoms with E-state index >= 15 is 0 Å². The van der Waals surface area contributed by atoms with Crippen LogP contribution in [-0.2, 0) is 10.0 Å². The van der Waals surface area contributed by atoms with Gasteiger partial charge in [-0.3, -0.25) is 9.10 Å². The van der Waals surface area contributed by atoms with E-state index in [0.717, 1.165) is 16.3 Å². The van der Waals surface area contributed by atoms with Gasteiger partial charge in [-0.2, -0.15) is 5.10 Å². The smallest absolute Gasteiger partial charge is 0.269 e. The van der Waals surface area contributed by atoms with Gasteiger partial charge in [-0.25, -0.2) is 13.8 Å². The lowest BCUT2D eigenvalue weighted by Gasteiger charge is -2.19. The molecule has 0 aliphatic heterocycles. The fraction of sp³-hybridized carbons (Fsp3) is 0.0400. The molecule has 0 saturated carbocycles. The van der Waals surface area contributed by atoms with Crippen LogP contribution in [0.2, 0.25) is 0 Å². The first-order chi connectivity index (χ1) is 15.5. The number of nitrogens with one attached hydrogen (secondary N) is 1. The molecule has 0 fully saturated rings. The van der Waals surface area contributed by atoms with Crippen molar-refractivity contribution in [2.24, 2.45) is 5.10 Å². The number of hydrazone groups is 1. The molecule has 0 spiro atoms. The summed E-state index contributed by atoms with van der Waals surface area (Å²) in [5.74, 6) is -0.387. The van der Waals surface area contributed by atoms with E-state index in [1.54, 1.807) is 60.8 Å². The van der Waals surface area contributed by atoms with Gasteiger partial charge in [0.1, 0.15) is 0 Å². The molecule has 7 heteroatoms. The minimum absolute atomic E-state index is 0.201. The van der Waals surface area contributed by atoms with Gasteiger partial charge in [0, 0.05) is 18.2 Å². The van der Waals surface area contributed by atoms with Gasteiger partial charge in [-0.15, -0.1) is 0 Å². The molecule has 32 heavy (non-hydrogen) atoms.